The molecule has 19 heavy (non-hydrogen) atoms. The van der Waals surface area contributed by atoms with E-state index >= 15 is 0 Å². The second-order valence-corrected chi connectivity index (χ2v) is 4.93. The fourth-order valence-electron chi connectivity index (χ4n) is 1.97. The lowest BCUT2D eigenvalue weighted by Crippen LogP contribution is -2.26. The summed E-state index contributed by atoms with van der Waals surface area (Å²) in [7, 11) is 1.08. The van der Waals surface area contributed by atoms with Crippen molar-refractivity contribution in [2.75, 3.05) is 7.11 Å². The van der Waals surface area contributed by atoms with Crippen molar-refractivity contribution in [2.45, 2.75) is 77.3 Å². The Bertz CT molecular complexity index is 254. The molecule has 0 heterocycles. The summed E-state index contributed by atoms with van der Waals surface area (Å²) in [6.07, 6.45) is 8.25. The van der Waals surface area contributed by atoms with Gasteiger partial charge in [0.15, 0.2) is 5.78 Å². The Labute approximate surface area is 115 Å². The zero-order valence-corrected chi connectivity index (χ0v) is 12.3. The van der Waals surface area contributed by atoms with Crippen molar-refractivity contribution < 1.29 is 18.7 Å². The summed E-state index contributed by atoms with van der Waals surface area (Å²) in [5.41, 5.74) is 0. The molecule has 0 fully saturated rings. The molecular weight excluding hydrogens is 247 g/mol. The van der Waals surface area contributed by atoms with Gasteiger partial charge in [-0.05, 0) is 6.42 Å². The molecule has 0 aromatic rings. The first-order valence-electron chi connectivity index (χ1n) is 7.38. The molecular formula is C15H27FO3. The number of halogens is 1. The smallest absolute Gasteiger partial charge is 0.348 e. The van der Waals surface area contributed by atoms with E-state index in [2.05, 4.69) is 11.7 Å². The Morgan fingerprint density at radius 2 is 1.42 bits per heavy atom. The standard InChI is InChI=1S/C15H27FO3/c1-3-4-5-6-7-8-9-10-11-12-13(17)14(16)15(18)19-2/h14H,3-12H2,1-2H3. The van der Waals surface area contributed by atoms with Gasteiger partial charge in [-0.1, -0.05) is 58.3 Å². The van der Waals surface area contributed by atoms with Crippen LogP contribution >= 0.6 is 0 Å². The zero-order chi connectivity index (χ0) is 14.5. The molecule has 112 valence electrons. The van der Waals surface area contributed by atoms with E-state index in [0.29, 0.717) is 6.42 Å². The van der Waals surface area contributed by atoms with Gasteiger partial charge in [-0.15, -0.1) is 0 Å². The zero-order valence-electron chi connectivity index (χ0n) is 12.3. The highest BCUT2D eigenvalue weighted by atomic mass is 19.1. The third-order valence-electron chi connectivity index (χ3n) is 3.22. The molecule has 0 aromatic heterocycles. The summed E-state index contributed by atoms with van der Waals surface area (Å²) in [5, 5.41) is 0. The van der Waals surface area contributed by atoms with Gasteiger partial charge in [0.1, 0.15) is 0 Å². The number of alkyl halides is 1. The monoisotopic (exact) mass is 274 g/mol. The second-order valence-electron chi connectivity index (χ2n) is 4.93. The fraction of sp³-hybridized carbons (Fsp3) is 0.867. The van der Waals surface area contributed by atoms with Crippen LogP contribution < -0.4 is 0 Å². The van der Waals surface area contributed by atoms with Crippen LogP contribution in [-0.4, -0.2) is 25.0 Å². The number of ether oxygens (including phenoxy) is 1. The third-order valence-corrected chi connectivity index (χ3v) is 3.22. The number of carbonyl (C=O) groups excluding carboxylic acids is 2. The lowest BCUT2D eigenvalue weighted by molar-refractivity contribution is -0.150. The minimum absolute atomic E-state index is 0.131. The summed E-state index contributed by atoms with van der Waals surface area (Å²) >= 11 is 0. The van der Waals surface area contributed by atoms with Crippen molar-refractivity contribution in [3.05, 3.63) is 0 Å². The molecule has 3 nitrogen and oxygen atoms in total. The summed E-state index contributed by atoms with van der Waals surface area (Å²) in [6, 6.07) is 0. The lowest BCUT2D eigenvalue weighted by atomic mass is 10.0. The van der Waals surface area contributed by atoms with Crippen molar-refractivity contribution in [1.82, 2.24) is 0 Å². The first-order chi connectivity index (χ1) is 9.13. The van der Waals surface area contributed by atoms with E-state index in [1.165, 1.54) is 38.5 Å². The molecule has 0 aliphatic rings. The summed E-state index contributed by atoms with van der Waals surface area (Å²) in [4.78, 5) is 22.1. The van der Waals surface area contributed by atoms with Crippen LogP contribution in [0.2, 0.25) is 0 Å². The van der Waals surface area contributed by atoms with Crippen LogP contribution in [0.5, 0.6) is 0 Å². The Morgan fingerprint density at radius 3 is 1.89 bits per heavy atom. The molecule has 0 aliphatic carbocycles. The molecule has 0 amide bonds. The first kappa shape index (κ1) is 18.1. The number of hydrogen-bond acceptors (Lipinski definition) is 3. The molecule has 0 saturated heterocycles. The lowest BCUT2D eigenvalue weighted by Gasteiger charge is -2.05. The van der Waals surface area contributed by atoms with E-state index in [4.69, 9.17) is 0 Å². The molecule has 1 atom stereocenters. The van der Waals surface area contributed by atoms with Gasteiger partial charge in [0.2, 0.25) is 0 Å². The van der Waals surface area contributed by atoms with E-state index in [1.807, 2.05) is 0 Å². The molecule has 0 radical (unpaired) electrons. The quantitative estimate of drug-likeness (QED) is 0.307. The predicted molar refractivity (Wildman–Crippen MR) is 73.8 cm³/mol. The molecule has 0 bridgehead atoms. The maximum Gasteiger partial charge on any atom is 0.348 e. The van der Waals surface area contributed by atoms with Crippen molar-refractivity contribution in [2.24, 2.45) is 0 Å². The number of hydrogen-bond donors (Lipinski definition) is 0. The minimum atomic E-state index is -2.10. The molecule has 0 rings (SSSR count). The average molecular weight is 274 g/mol. The van der Waals surface area contributed by atoms with E-state index in [-0.39, 0.29) is 6.42 Å². The highest BCUT2D eigenvalue weighted by Crippen LogP contribution is 2.11. The van der Waals surface area contributed by atoms with Crippen LogP contribution in [0.15, 0.2) is 0 Å². The number of rotatable bonds is 12. The Hall–Kier alpha value is -0.930. The number of esters is 1. The van der Waals surface area contributed by atoms with Gasteiger partial charge in [-0.25, -0.2) is 9.18 Å². The van der Waals surface area contributed by atoms with Crippen LogP contribution in [0.4, 0.5) is 4.39 Å². The number of methoxy groups -OCH3 is 1. The molecule has 0 saturated carbocycles. The number of Topliss-reactive ketones (excluding diaryl/α,β-unsaturated/α-hetero) is 1. The van der Waals surface area contributed by atoms with Crippen LogP contribution in [0.1, 0.15) is 71.1 Å². The molecule has 4 heteroatoms. The number of unbranched alkanes of at least 4 members (excludes halogenated alkanes) is 8. The van der Waals surface area contributed by atoms with E-state index in [1.54, 1.807) is 0 Å². The maximum atomic E-state index is 13.1. The van der Waals surface area contributed by atoms with E-state index < -0.39 is 17.9 Å². The van der Waals surface area contributed by atoms with Gasteiger partial charge >= 0.3 is 5.97 Å². The van der Waals surface area contributed by atoms with Crippen LogP contribution in [0.3, 0.4) is 0 Å². The molecule has 0 aliphatic heterocycles. The van der Waals surface area contributed by atoms with Gasteiger partial charge in [0.05, 0.1) is 7.11 Å². The summed E-state index contributed by atoms with van der Waals surface area (Å²) < 4.78 is 17.3. The predicted octanol–water partition coefficient (Wildman–Crippen LogP) is 3.99. The maximum absolute atomic E-state index is 13.1. The first-order valence-corrected chi connectivity index (χ1v) is 7.38. The highest BCUT2D eigenvalue weighted by Gasteiger charge is 2.25. The van der Waals surface area contributed by atoms with Crippen molar-refractivity contribution >= 4 is 11.8 Å². The van der Waals surface area contributed by atoms with Crippen LogP contribution in [0.25, 0.3) is 0 Å². The molecule has 0 spiro atoms. The minimum Gasteiger partial charge on any atom is -0.467 e. The average Bonchev–Trinajstić information content (AvgIpc) is 2.43. The molecule has 0 N–H and O–H groups in total. The summed E-state index contributed by atoms with van der Waals surface area (Å²) in [5.74, 6) is -1.74. The topological polar surface area (TPSA) is 43.4 Å². The van der Waals surface area contributed by atoms with Gasteiger partial charge in [0.25, 0.3) is 6.17 Å². The Kier molecular flexibility index (Phi) is 11.5. The van der Waals surface area contributed by atoms with Crippen molar-refractivity contribution in [3.8, 4) is 0 Å². The van der Waals surface area contributed by atoms with Crippen molar-refractivity contribution in [3.63, 3.8) is 0 Å². The SMILES string of the molecule is CCCCCCCCCCCC(=O)C(F)C(=O)OC. The second kappa shape index (κ2) is 12.1. The van der Waals surface area contributed by atoms with Crippen molar-refractivity contribution in [1.29, 1.82) is 0 Å². The molecule has 1 unspecified atom stereocenters. The Morgan fingerprint density at radius 1 is 0.947 bits per heavy atom. The Balaban J connectivity index is 3.39. The van der Waals surface area contributed by atoms with Crippen LogP contribution in [-0.2, 0) is 14.3 Å². The van der Waals surface area contributed by atoms with E-state index in [0.717, 1.165) is 20.0 Å². The fourth-order valence-corrected chi connectivity index (χ4v) is 1.97. The van der Waals surface area contributed by atoms with Gasteiger partial charge in [0, 0.05) is 6.42 Å². The third kappa shape index (κ3) is 9.62. The van der Waals surface area contributed by atoms with Crippen LogP contribution in [0, 0.1) is 0 Å². The number of ketones is 1. The normalized spacial score (nSPS) is 12.2. The molecule has 0 aromatic carbocycles. The van der Waals surface area contributed by atoms with Gasteiger partial charge in [-0.3, -0.25) is 4.79 Å². The van der Waals surface area contributed by atoms with Gasteiger partial charge in [-0.2, -0.15) is 0 Å². The number of carbonyl (C=O) groups is 2. The van der Waals surface area contributed by atoms with E-state index in [9.17, 15) is 14.0 Å². The largest absolute Gasteiger partial charge is 0.467 e. The van der Waals surface area contributed by atoms with Gasteiger partial charge < -0.3 is 4.74 Å². The summed E-state index contributed by atoms with van der Waals surface area (Å²) in [6.45, 7) is 2.20. The highest BCUT2D eigenvalue weighted by molar-refractivity contribution is 6.01.